The molecule has 0 spiro atoms. The summed E-state index contributed by atoms with van der Waals surface area (Å²) in [6.45, 7) is 1.95. The predicted molar refractivity (Wildman–Crippen MR) is 120 cm³/mol. The SMILES string of the molecule is COc1cccc(OC)c1/C(O)=C1\C(=O)C(=O)N(c2ccc(C)cc2)C1c1cccs1. The van der Waals surface area contributed by atoms with Crippen molar-refractivity contribution in [3.05, 3.63) is 81.6 Å². The van der Waals surface area contributed by atoms with E-state index in [0.29, 0.717) is 17.2 Å². The molecule has 1 fully saturated rings. The van der Waals surface area contributed by atoms with Crippen LogP contribution < -0.4 is 14.4 Å². The minimum absolute atomic E-state index is 0.00387. The van der Waals surface area contributed by atoms with Gasteiger partial charge < -0.3 is 14.6 Å². The first kappa shape index (κ1) is 20.7. The number of methoxy groups -OCH3 is 2. The van der Waals surface area contributed by atoms with E-state index in [-0.39, 0.29) is 16.9 Å². The minimum Gasteiger partial charge on any atom is -0.506 e. The summed E-state index contributed by atoms with van der Waals surface area (Å²) in [7, 11) is 2.93. The maximum atomic E-state index is 13.2. The maximum absolute atomic E-state index is 13.2. The number of rotatable bonds is 5. The molecule has 1 aromatic heterocycles. The molecule has 0 aliphatic carbocycles. The van der Waals surface area contributed by atoms with E-state index in [2.05, 4.69) is 0 Å². The van der Waals surface area contributed by atoms with Crippen molar-refractivity contribution in [1.82, 2.24) is 0 Å². The van der Waals surface area contributed by atoms with Crippen LogP contribution in [0.4, 0.5) is 5.69 Å². The van der Waals surface area contributed by atoms with Gasteiger partial charge in [0, 0.05) is 10.6 Å². The van der Waals surface area contributed by atoms with Gasteiger partial charge in [-0.15, -0.1) is 11.3 Å². The van der Waals surface area contributed by atoms with Gasteiger partial charge in [-0.25, -0.2) is 0 Å². The predicted octanol–water partition coefficient (Wildman–Crippen LogP) is 4.70. The van der Waals surface area contributed by atoms with E-state index in [1.165, 1.54) is 30.5 Å². The monoisotopic (exact) mass is 435 g/mol. The number of hydrogen-bond acceptors (Lipinski definition) is 6. The number of ether oxygens (including phenoxy) is 2. The Bertz CT molecular complexity index is 1140. The number of ketones is 1. The number of carbonyl (C=O) groups is 2. The zero-order chi connectivity index (χ0) is 22.1. The Labute approximate surface area is 184 Å². The van der Waals surface area contributed by atoms with Crippen molar-refractivity contribution < 1.29 is 24.2 Å². The second-order valence-electron chi connectivity index (χ2n) is 7.06. The number of hydrogen-bond donors (Lipinski definition) is 1. The van der Waals surface area contributed by atoms with E-state index in [1.807, 2.05) is 36.6 Å². The van der Waals surface area contributed by atoms with Gasteiger partial charge in [0.25, 0.3) is 11.7 Å². The first-order valence-electron chi connectivity index (χ1n) is 9.60. The van der Waals surface area contributed by atoms with Crippen molar-refractivity contribution in [2.45, 2.75) is 13.0 Å². The highest BCUT2D eigenvalue weighted by molar-refractivity contribution is 7.10. The zero-order valence-electron chi connectivity index (χ0n) is 17.3. The Hall–Kier alpha value is -3.58. The van der Waals surface area contributed by atoms with E-state index in [1.54, 1.807) is 30.3 Å². The molecule has 2 aromatic carbocycles. The highest BCUT2D eigenvalue weighted by Crippen LogP contribution is 2.46. The highest BCUT2D eigenvalue weighted by atomic mass is 32.1. The van der Waals surface area contributed by atoms with Crippen LogP contribution in [0.25, 0.3) is 5.76 Å². The van der Waals surface area contributed by atoms with Gasteiger partial charge in [0.05, 0.1) is 19.8 Å². The topological polar surface area (TPSA) is 76.1 Å². The fourth-order valence-corrected chi connectivity index (χ4v) is 4.56. The lowest BCUT2D eigenvalue weighted by atomic mass is 9.98. The van der Waals surface area contributed by atoms with Gasteiger partial charge in [-0.2, -0.15) is 0 Å². The molecule has 2 heterocycles. The molecule has 6 nitrogen and oxygen atoms in total. The fourth-order valence-electron chi connectivity index (χ4n) is 3.74. The third-order valence-corrected chi connectivity index (χ3v) is 6.16. The molecule has 1 N–H and O–H groups in total. The van der Waals surface area contributed by atoms with Crippen molar-refractivity contribution in [2.75, 3.05) is 19.1 Å². The molecule has 1 atom stereocenters. The van der Waals surface area contributed by atoms with Crippen LogP contribution in [-0.4, -0.2) is 31.0 Å². The number of Topliss-reactive ketones (excluding diaryl/α,β-unsaturated/α-hetero) is 1. The molecule has 1 amide bonds. The van der Waals surface area contributed by atoms with Crippen LogP contribution in [0.1, 0.15) is 22.0 Å². The molecule has 31 heavy (non-hydrogen) atoms. The standard InChI is InChI=1S/C24H21NO5S/c1-14-9-11-15(12-10-14)25-21(18-8-5-13-31-18)20(23(27)24(25)28)22(26)19-16(29-2)6-4-7-17(19)30-3/h4-13,21,26H,1-3H3/b22-20+. The Morgan fingerprint density at radius 2 is 1.61 bits per heavy atom. The normalized spacial score (nSPS) is 17.8. The number of aliphatic hydroxyl groups excluding tert-OH is 1. The Kier molecular flexibility index (Phi) is 5.52. The van der Waals surface area contributed by atoms with Crippen LogP contribution in [0.3, 0.4) is 0 Å². The number of nitrogens with zero attached hydrogens (tertiary/aromatic N) is 1. The molecule has 1 aliphatic heterocycles. The summed E-state index contributed by atoms with van der Waals surface area (Å²) in [5.41, 5.74) is 1.84. The van der Waals surface area contributed by atoms with Crippen LogP contribution in [0.15, 0.2) is 65.6 Å². The summed E-state index contributed by atoms with van der Waals surface area (Å²) >= 11 is 1.41. The molecule has 1 saturated heterocycles. The smallest absolute Gasteiger partial charge is 0.300 e. The molecule has 0 bridgehead atoms. The average molecular weight is 436 g/mol. The first-order valence-corrected chi connectivity index (χ1v) is 10.5. The number of carbonyl (C=O) groups excluding carboxylic acids is 2. The lowest BCUT2D eigenvalue weighted by Crippen LogP contribution is -2.29. The molecule has 1 aliphatic rings. The summed E-state index contributed by atoms with van der Waals surface area (Å²) < 4.78 is 10.8. The fraction of sp³-hybridized carbons (Fsp3) is 0.167. The Balaban J connectivity index is 1.98. The molecule has 0 radical (unpaired) electrons. The number of benzene rings is 2. The van der Waals surface area contributed by atoms with Gasteiger partial charge in [0.15, 0.2) is 0 Å². The van der Waals surface area contributed by atoms with E-state index in [4.69, 9.17) is 9.47 Å². The van der Waals surface area contributed by atoms with E-state index < -0.39 is 17.7 Å². The summed E-state index contributed by atoms with van der Waals surface area (Å²) in [5, 5.41) is 13.2. The highest BCUT2D eigenvalue weighted by Gasteiger charge is 2.47. The second-order valence-corrected chi connectivity index (χ2v) is 8.04. The molecule has 7 heteroatoms. The summed E-state index contributed by atoms with van der Waals surface area (Å²) in [6.07, 6.45) is 0. The van der Waals surface area contributed by atoms with E-state index >= 15 is 0 Å². The van der Waals surface area contributed by atoms with Crippen LogP contribution in [0.2, 0.25) is 0 Å². The third-order valence-electron chi connectivity index (χ3n) is 5.23. The molecule has 1 unspecified atom stereocenters. The summed E-state index contributed by atoms with van der Waals surface area (Å²) in [6, 6.07) is 15.3. The number of aryl methyl sites for hydroxylation is 1. The van der Waals surface area contributed by atoms with Gasteiger partial charge >= 0.3 is 0 Å². The van der Waals surface area contributed by atoms with Crippen molar-refractivity contribution in [3.63, 3.8) is 0 Å². The number of amides is 1. The summed E-state index contributed by atoms with van der Waals surface area (Å²) in [4.78, 5) is 28.5. The molecule has 0 saturated carbocycles. The summed E-state index contributed by atoms with van der Waals surface area (Å²) in [5.74, 6) is -1.12. The Morgan fingerprint density at radius 3 is 2.16 bits per heavy atom. The quantitative estimate of drug-likeness (QED) is 0.357. The van der Waals surface area contributed by atoms with Crippen LogP contribution in [0, 0.1) is 6.92 Å². The number of aliphatic hydroxyl groups is 1. The van der Waals surface area contributed by atoms with Crippen molar-refractivity contribution in [3.8, 4) is 11.5 Å². The van der Waals surface area contributed by atoms with Crippen molar-refractivity contribution in [1.29, 1.82) is 0 Å². The van der Waals surface area contributed by atoms with Gasteiger partial charge in [-0.05, 0) is 42.6 Å². The van der Waals surface area contributed by atoms with Gasteiger partial charge in [-0.3, -0.25) is 14.5 Å². The lowest BCUT2D eigenvalue weighted by Gasteiger charge is -2.24. The number of anilines is 1. The Morgan fingerprint density at radius 1 is 0.968 bits per heavy atom. The number of thiophene rings is 1. The maximum Gasteiger partial charge on any atom is 0.300 e. The minimum atomic E-state index is -0.766. The van der Waals surface area contributed by atoms with Gasteiger partial charge in [0.2, 0.25) is 0 Å². The molecular weight excluding hydrogens is 414 g/mol. The largest absolute Gasteiger partial charge is 0.506 e. The van der Waals surface area contributed by atoms with Gasteiger partial charge in [0.1, 0.15) is 28.9 Å². The lowest BCUT2D eigenvalue weighted by molar-refractivity contribution is -0.132. The molecular formula is C24H21NO5S. The van der Waals surface area contributed by atoms with Crippen molar-refractivity contribution in [2.24, 2.45) is 0 Å². The zero-order valence-corrected chi connectivity index (χ0v) is 18.1. The molecule has 4 rings (SSSR count). The molecule has 3 aromatic rings. The van der Waals surface area contributed by atoms with Crippen LogP contribution in [0.5, 0.6) is 11.5 Å². The van der Waals surface area contributed by atoms with Gasteiger partial charge in [-0.1, -0.05) is 29.8 Å². The van der Waals surface area contributed by atoms with E-state index in [9.17, 15) is 14.7 Å². The first-order chi connectivity index (χ1) is 15.0. The van der Waals surface area contributed by atoms with Crippen LogP contribution >= 0.6 is 11.3 Å². The van der Waals surface area contributed by atoms with Crippen LogP contribution in [-0.2, 0) is 9.59 Å². The van der Waals surface area contributed by atoms with Crippen molar-refractivity contribution >= 4 is 34.5 Å². The van der Waals surface area contributed by atoms with E-state index in [0.717, 1.165) is 10.4 Å². The average Bonchev–Trinajstić information content (AvgIpc) is 3.40. The third kappa shape index (κ3) is 3.47. The second kappa shape index (κ2) is 8.28. The molecule has 158 valence electrons.